The third kappa shape index (κ3) is 3.40. The van der Waals surface area contributed by atoms with E-state index in [4.69, 9.17) is 16.7 Å². The van der Waals surface area contributed by atoms with Gasteiger partial charge in [0, 0.05) is 17.1 Å². The Morgan fingerprint density at radius 3 is 2.69 bits per heavy atom. The summed E-state index contributed by atoms with van der Waals surface area (Å²) in [6.45, 7) is 3.42. The van der Waals surface area contributed by atoms with Gasteiger partial charge < -0.3 is 10.4 Å². The number of carbonyl (C=O) groups is 2. The van der Waals surface area contributed by atoms with Gasteiger partial charge in [0.05, 0.1) is 5.56 Å². The Morgan fingerprint density at radius 1 is 1.44 bits per heavy atom. The molecule has 2 N–H and O–H groups in total. The van der Waals surface area contributed by atoms with E-state index in [0.717, 1.165) is 0 Å². The summed E-state index contributed by atoms with van der Waals surface area (Å²) < 4.78 is 0. The lowest BCUT2D eigenvalue weighted by Gasteiger charge is -2.05. The van der Waals surface area contributed by atoms with Crippen LogP contribution in [-0.4, -0.2) is 17.0 Å². The minimum absolute atomic E-state index is 0.0291. The number of rotatable bonds is 4. The average Bonchev–Trinajstić information content (AvgIpc) is 2.16. The van der Waals surface area contributed by atoms with Gasteiger partial charge in [-0.15, -0.1) is 6.58 Å². The maximum atomic E-state index is 11.2. The molecule has 84 valence electrons. The predicted molar refractivity (Wildman–Crippen MR) is 61.9 cm³/mol. The number of aromatic carboxylic acids is 1. The van der Waals surface area contributed by atoms with Gasteiger partial charge in [-0.1, -0.05) is 17.7 Å². The standard InChI is InChI=1S/C11H10ClNO3/c1-2-3-10(14)13-9-5-7(11(15)16)4-8(12)6-9/h2,4-6H,1,3H2,(H,13,14)(H,15,16). The molecule has 0 aromatic heterocycles. The van der Waals surface area contributed by atoms with Crippen LogP contribution < -0.4 is 5.32 Å². The van der Waals surface area contributed by atoms with Crippen LogP contribution in [-0.2, 0) is 4.79 Å². The number of benzene rings is 1. The van der Waals surface area contributed by atoms with Crippen molar-refractivity contribution in [2.24, 2.45) is 0 Å². The lowest BCUT2D eigenvalue weighted by molar-refractivity contribution is -0.115. The average molecular weight is 240 g/mol. The van der Waals surface area contributed by atoms with Crippen LogP contribution in [0.4, 0.5) is 5.69 Å². The fraction of sp³-hybridized carbons (Fsp3) is 0.0909. The largest absolute Gasteiger partial charge is 0.478 e. The minimum atomic E-state index is -1.10. The zero-order valence-electron chi connectivity index (χ0n) is 8.37. The van der Waals surface area contributed by atoms with Crippen LogP contribution in [0.1, 0.15) is 16.8 Å². The Bertz CT molecular complexity index is 443. The number of hydrogen-bond acceptors (Lipinski definition) is 2. The Hall–Kier alpha value is -1.81. The van der Waals surface area contributed by atoms with E-state index in [-0.39, 0.29) is 22.9 Å². The molecular formula is C11H10ClNO3. The number of nitrogens with one attached hydrogen (secondary N) is 1. The Morgan fingerprint density at radius 2 is 2.12 bits per heavy atom. The second kappa shape index (κ2) is 5.32. The molecule has 0 radical (unpaired) electrons. The fourth-order valence-corrected chi connectivity index (χ4v) is 1.36. The van der Waals surface area contributed by atoms with Crippen molar-refractivity contribution in [2.75, 3.05) is 5.32 Å². The maximum Gasteiger partial charge on any atom is 0.335 e. The van der Waals surface area contributed by atoms with E-state index in [1.54, 1.807) is 0 Å². The van der Waals surface area contributed by atoms with E-state index in [9.17, 15) is 9.59 Å². The van der Waals surface area contributed by atoms with Crippen molar-refractivity contribution in [2.45, 2.75) is 6.42 Å². The zero-order chi connectivity index (χ0) is 12.1. The molecule has 0 saturated carbocycles. The number of hydrogen-bond donors (Lipinski definition) is 2. The smallest absolute Gasteiger partial charge is 0.335 e. The van der Waals surface area contributed by atoms with Gasteiger partial charge in [0.15, 0.2) is 0 Å². The molecule has 4 nitrogen and oxygen atoms in total. The van der Waals surface area contributed by atoms with Gasteiger partial charge >= 0.3 is 5.97 Å². The molecule has 0 aliphatic rings. The van der Waals surface area contributed by atoms with Gasteiger partial charge in [0.25, 0.3) is 0 Å². The third-order valence-electron chi connectivity index (χ3n) is 1.76. The predicted octanol–water partition coefficient (Wildman–Crippen LogP) is 2.55. The number of carboxylic acids is 1. The van der Waals surface area contributed by atoms with Crippen LogP contribution in [0.3, 0.4) is 0 Å². The first-order valence-corrected chi connectivity index (χ1v) is 4.85. The van der Waals surface area contributed by atoms with E-state index in [0.29, 0.717) is 5.69 Å². The maximum absolute atomic E-state index is 11.2. The molecule has 0 unspecified atom stereocenters. The summed E-state index contributed by atoms with van der Waals surface area (Å²) in [5.41, 5.74) is 0.387. The van der Waals surface area contributed by atoms with Gasteiger partial charge in [-0.3, -0.25) is 4.79 Å². The topological polar surface area (TPSA) is 66.4 Å². The number of halogens is 1. The first-order valence-electron chi connectivity index (χ1n) is 4.47. The van der Waals surface area contributed by atoms with Crippen LogP contribution in [0.15, 0.2) is 30.9 Å². The molecule has 1 rings (SSSR count). The van der Waals surface area contributed by atoms with Crippen molar-refractivity contribution in [3.8, 4) is 0 Å². The van der Waals surface area contributed by atoms with E-state index in [2.05, 4.69) is 11.9 Å². The molecule has 0 saturated heterocycles. The summed E-state index contributed by atoms with van der Waals surface area (Å²) >= 11 is 5.72. The van der Waals surface area contributed by atoms with Gasteiger partial charge in [0.2, 0.25) is 5.91 Å². The van der Waals surface area contributed by atoms with Crippen LogP contribution in [0, 0.1) is 0 Å². The molecule has 0 heterocycles. The van der Waals surface area contributed by atoms with E-state index < -0.39 is 5.97 Å². The van der Waals surface area contributed by atoms with Crippen molar-refractivity contribution < 1.29 is 14.7 Å². The van der Waals surface area contributed by atoms with E-state index in [1.807, 2.05) is 0 Å². The normalized spacial score (nSPS) is 9.56. The second-order valence-corrected chi connectivity index (χ2v) is 3.51. The van der Waals surface area contributed by atoms with Gasteiger partial charge in [0.1, 0.15) is 0 Å². The number of amides is 1. The molecule has 5 heteroatoms. The highest BCUT2D eigenvalue weighted by atomic mass is 35.5. The van der Waals surface area contributed by atoms with Crippen LogP contribution in [0.25, 0.3) is 0 Å². The zero-order valence-corrected chi connectivity index (χ0v) is 9.12. The van der Waals surface area contributed by atoms with Crippen LogP contribution >= 0.6 is 11.6 Å². The summed E-state index contributed by atoms with van der Waals surface area (Å²) in [4.78, 5) is 22.0. The Balaban J connectivity index is 2.92. The number of carboxylic acid groups (broad SMARTS) is 1. The first-order chi connectivity index (χ1) is 7.52. The molecule has 0 fully saturated rings. The number of carbonyl (C=O) groups excluding carboxylic acids is 1. The van der Waals surface area contributed by atoms with E-state index >= 15 is 0 Å². The quantitative estimate of drug-likeness (QED) is 0.794. The second-order valence-electron chi connectivity index (χ2n) is 3.07. The van der Waals surface area contributed by atoms with Crippen molar-refractivity contribution >= 4 is 29.2 Å². The highest BCUT2D eigenvalue weighted by Gasteiger charge is 2.07. The molecule has 0 atom stereocenters. The molecule has 0 aliphatic heterocycles. The summed E-state index contributed by atoms with van der Waals surface area (Å²) in [5, 5.41) is 11.6. The SMILES string of the molecule is C=CCC(=O)Nc1cc(Cl)cc(C(=O)O)c1. The molecule has 1 amide bonds. The first kappa shape index (κ1) is 12.3. The van der Waals surface area contributed by atoms with Gasteiger partial charge in [-0.25, -0.2) is 4.79 Å². The van der Waals surface area contributed by atoms with Crippen molar-refractivity contribution in [1.82, 2.24) is 0 Å². The van der Waals surface area contributed by atoms with Crippen molar-refractivity contribution in [1.29, 1.82) is 0 Å². The Labute approximate surface area is 97.5 Å². The molecule has 0 bridgehead atoms. The lowest BCUT2D eigenvalue weighted by Crippen LogP contribution is -2.10. The van der Waals surface area contributed by atoms with Crippen LogP contribution in [0.5, 0.6) is 0 Å². The lowest BCUT2D eigenvalue weighted by atomic mass is 10.2. The highest BCUT2D eigenvalue weighted by Crippen LogP contribution is 2.19. The molecule has 16 heavy (non-hydrogen) atoms. The molecule has 1 aromatic carbocycles. The van der Waals surface area contributed by atoms with Crippen molar-refractivity contribution in [3.63, 3.8) is 0 Å². The number of anilines is 1. The molecule has 0 aliphatic carbocycles. The molecule has 0 spiro atoms. The Kier molecular flexibility index (Phi) is 4.08. The van der Waals surface area contributed by atoms with Gasteiger partial charge in [-0.05, 0) is 18.2 Å². The monoisotopic (exact) mass is 239 g/mol. The van der Waals surface area contributed by atoms with Crippen LogP contribution in [0.2, 0.25) is 5.02 Å². The highest BCUT2D eigenvalue weighted by molar-refractivity contribution is 6.31. The summed E-state index contributed by atoms with van der Waals surface area (Å²) in [7, 11) is 0. The van der Waals surface area contributed by atoms with E-state index in [1.165, 1.54) is 24.3 Å². The van der Waals surface area contributed by atoms with Crippen molar-refractivity contribution in [3.05, 3.63) is 41.4 Å². The summed E-state index contributed by atoms with van der Waals surface area (Å²) in [5.74, 6) is -1.37. The minimum Gasteiger partial charge on any atom is -0.478 e. The molecular weight excluding hydrogens is 230 g/mol. The third-order valence-corrected chi connectivity index (χ3v) is 1.98. The van der Waals surface area contributed by atoms with Gasteiger partial charge in [-0.2, -0.15) is 0 Å². The molecule has 1 aromatic rings. The summed E-state index contributed by atoms with van der Waals surface area (Å²) in [6, 6.07) is 4.14. The summed E-state index contributed by atoms with van der Waals surface area (Å²) in [6.07, 6.45) is 1.62. The fourth-order valence-electron chi connectivity index (χ4n) is 1.13.